The molecule has 4 N–H and O–H groups in total. The van der Waals surface area contributed by atoms with E-state index in [-0.39, 0.29) is 11.6 Å². The predicted octanol–water partition coefficient (Wildman–Crippen LogP) is 2.95. The summed E-state index contributed by atoms with van der Waals surface area (Å²) < 4.78 is 27.3. The van der Waals surface area contributed by atoms with E-state index in [0.29, 0.717) is 5.92 Å². The molecule has 0 aromatic heterocycles. The van der Waals surface area contributed by atoms with E-state index in [1.807, 2.05) is 5.43 Å². The number of nitrogens with two attached hydrogens (primary N) is 1. The minimum atomic E-state index is -0.877. The van der Waals surface area contributed by atoms with Gasteiger partial charge < -0.3 is 10.7 Å². The summed E-state index contributed by atoms with van der Waals surface area (Å²) in [5.74, 6) is 3.27. The van der Waals surface area contributed by atoms with Gasteiger partial charge in [0.25, 0.3) is 5.91 Å². The standard InChI is InChI=1S/C15H21F2N3O/c1-2-9-5-3-4-6-13(9)19-15(21)10-7-11(16)14(20-18)12(17)8-10/h7-9,13,20H,2-6,18H2,1H3,(H,19,21). The number of nitrogens with one attached hydrogen (secondary N) is 2. The van der Waals surface area contributed by atoms with Crippen LogP contribution in [0, 0.1) is 17.6 Å². The van der Waals surface area contributed by atoms with Gasteiger partial charge in [0.2, 0.25) is 0 Å². The molecule has 116 valence electrons. The van der Waals surface area contributed by atoms with Crippen molar-refractivity contribution >= 4 is 11.6 Å². The normalized spacial score (nSPS) is 21.9. The van der Waals surface area contributed by atoms with Gasteiger partial charge in [-0.1, -0.05) is 26.2 Å². The fraction of sp³-hybridized carbons (Fsp3) is 0.533. The van der Waals surface area contributed by atoms with Crippen molar-refractivity contribution in [3.8, 4) is 0 Å². The maximum absolute atomic E-state index is 13.6. The Morgan fingerprint density at radius 2 is 1.90 bits per heavy atom. The maximum atomic E-state index is 13.6. The minimum Gasteiger partial charge on any atom is -0.349 e. The molecular formula is C15H21F2N3O. The van der Waals surface area contributed by atoms with Gasteiger partial charge >= 0.3 is 0 Å². The molecule has 6 heteroatoms. The van der Waals surface area contributed by atoms with Gasteiger partial charge in [0, 0.05) is 11.6 Å². The average molecular weight is 297 g/mol. The van der Waals surface area contributed by atoms with Gasteiger partial charge in [-0.05, 0) is 30.9 Å². The van der Waals surface area contributed by atoms with Crippen LogP contribution >= 0.6 is 0 Å². The first-order valence-corrected chi connectivity index (χ1v) is 7.33. The number of anilines is 1. The number of carbonyl (C=O) groups excluding carboxylic acids is 1. The van der Waals surface area contributed by atoms with E-state index in [1.54, 1.807) is 0 Å². The smallest absolute Gasteiger partial charge is 0.251 e. The Kier molecular flexibility index (Phi) is 5.12. The molecule has 0 heterocycles. The highest BCUT2D eigenvalue weighted by atomic mass is 19.1. The summed E-state index contributed by atoms with van der Waals surface area (Å²) >= 11 is 0. The quantitative estimate of drug-likeness (QED) is 0.591. The summed E-state index contributed by atoms with van der Waals surface area (Å²) in [4.78, 5) is 12.2. The molecule has 0 saturated heterocycles. The summed E-state index contributed by atoms with van der Waals surface area (Å²) in [6.07, 6.45) is 5.23. The fourth-order valence-electron chi connectivity index (χ4n) is 2.98. The maximum Gasteiger partial charge on any atom is 0.251 e. The van der Waals surface area contributed by atoms with Crippen molar-refractivity contribution in [2.24, 2.45) is 11.8 Å². The highest BCUT2D eigenvalue weighted by Gasteiger charge is 2.26. The van der Waals surface area contributed by atoms with E-state index in [9.17, 15) is 13.6 Å². The number of carbonyl (C=O) groups is 1. The van der Waals surface area contributed by atoms with E-state index in [2.05, 4.69) is 12.2 Å². The Bertz CT molecular complexity index is 499. The molecule has 2 atom stereocenters. The van der Waals surface area contributed by atoms with Crippen LogP contribution < -0.4 is 16.6 Å². The summed E-state index contributed by atoms with van der Waals surface area (Å²) in [5.41, 5.74) is 1.49. The first-order valence-electron chi connectivity index (χ1n) is 7.33. The lowest BCUT2D eigenvalue weighted by atomic mass is 9.83. The van der Waals surface area contributed by atoms with Crippen LogP contribution in [-0.2, 0) is 0 Å². The van der Waals surface area contributed by atoms with Crippen molar-refractivity contribution in [1.82, 2.24) is 5.32 Å². The van der Waals surface area contributed by atoms with Crippen LogP contribution in [0.4, 0.5) is 14.5 Å². The van der Waals surface area contributed by atoms with Gasteiger partial charge in [-0.3, -0.25) is 10.6 Å². The second-order valence-corrected chi connectivity index (χ2v) is 5.49. The van der Waals surface area contributed by atoms with Crippen LogP contribution in [0.15, 0.2) is 12.1 Å². The SMILES string of the molecule is CCC1CCCCC1NC(=O)c1cc(F)c(NN)c(F)c1. The van der Waals surface area contributed by atoms with Crippen LogP contribution in [0.5, 0.6) is 0 Å². The molecule has 1 aliphatic carbocycles. The highest BCUT2D eigenvalue weighted by Crippen LogP contribution is 2.27. The van der Waals surface area contributed by atoms with Crippen molar-refractivity contribution in [2.75, 3.05) is 5.43 Å². The van der Waals surface area contributed by atoms with Gasteiger partial charge in [0.05, 0.1) is 0 Å². The summed E-state index contributed by atoms with van der Waals surface area (Å²) in [6, 6.07) is 2.07. The number of benzene rings is 1. The molecule has 0 spiro atoms. The monoisotopic (exact) mass is 297 g/mol. The Balaban J connectivity index is 2.13. The van der Waals surface area contributed by atoms with Crippen molar-refractivity contribution in [1.29, 1.82) is 0 Å². The van der Waals surface area contributed by atoms with E-state index >= 15 is 0 Å². The molecule has 1 aromatic rings. The molecule has 0 bridgehead atoms. The number of hydrazine groups is 1. The Labute approximate surface area is 123 Å². The zero-order chi connectivity index (χ0) is 15.4. The zero-order valence-corrected chi connectivity index (χ0v) is 12.1. The van der Waals surface area contributed by atoms with E-state index < -0.39 is 23.2 Å². The molecule has 0 aliphatic heterocycles. The molecule has 1 fully saturated rings. The van der Waals surface area contributed by atoms with Crippen molar-refractivity contribution in [2.45, 2.75) is 45.1 Å². The zero-order valence-electron chi connectivity index (χ0n) is 12.1. The predicted molar refractivity (Wildman–Crippen MR) is 77.7 cm³/mol. The number of rotatable bonds is 4. The van der Waals surface area contributed by atoms with Gasteiger partial charge in [0.15, 0.2) is 11.6 Å². The van der Waals surface area contributed by atoms with Crippen LogP contribution in [0.3, 0.4) is 0 Å². The summed E-state index contributed by atoms with van der Waals surface area (Å²) in [6.45, 7) is 2.09. The third kappa shape index (κ3) is 3.50. The molecule has 0 radical (unpaired) electrons. The molecule has 4 nitrogen and oxygen atoms in total. The van der Waals surface area contributed by atoms with Crippen molar-refractivity contribution < 1.29 is 13.6 Å². The lowest BCUT2D eigenvalue weighted by Gasteiger charge is -2.31. The van der Waals surface area contributed by atoms with E-state index in [4.69, 9.17) is 5.84 Å². The molecule has 21 heavy (non-hydrogen) atoms. The minimum absolute atomic E-state index is 0.0237. The fourth-order valence-corrected chi connectivity index (χ4v) is 2.98. The first kappa shape index (κ1) is 15.7. The van der Waals surface area contributed by atoms with Gasteiger partial charge in [-0.25, -0.2) is 8.78 Å². The summed E-state index contributed by atoms with van der Waals surface area (Å²) in [5, 5.41) is 2.90. The van der Waals surface area contributed by atoms with Gasteiger partial charge in [0.1, 0.15) is 5.69 Å². The van der Waals surface area contributed by atoms with Crippen LogP contribution in [0.2, 0.25) is 0 Å². The molecule has 1 amide bonds. The molecule has 2 unspecified atom stereocenters. The highest BCUT2D eigenvalue weighted by molar-refractivity contribution is 5.94. The first-order chi connectivity index (χ1) is 10.1. The van der Waals surface area contributed by atoms with E-state index in [0.717, 1.165) is 37.8 Å². The number of amides is 1. The van der Waals surface area contributed by atoms with Crippen molar-refractivity contribution in [3.63, 3.8) is 0 Å². The molecular weight excluding hydrogens is 276 g/mol. The Morgan fingerprint density at radius 1 is 1.29 bits per heavy atom. The molecule has 2 rings (SSSR count). The second kappa shape index (κ2) is 6.85. The number of hydrogen-bond donors (Lipinski definition) is 3. The lowest BCUT2D eigenvalue weighted by Crippen LogP contribution is -2.42. The second-order valence-electron chi connectivity index (χ2n) is 5.49. The molecule has 1 aromatic carbocycles. The Morgan fingerprint density at radius 3 is 2.48 bits per heavy atom. The van der Waals surface area contributed by atoms with Crippen LogP contribution in [0.25, 0.3) is 0 Å². The largest absolute Gasteiger partial charge is 0.349 e. The van der Waals surface area contributed by atoms with Gasteiger partial charge in [-0.2, -0.15) is 0 Å². The molecule has 1 aliphatic rings. The number of halogens is 2. The van der Waals surface area contributed by atoms with Gasteiger partial charge in [-0.15, -0.1) is 0 Å². The van der Waals surface area contributed by atoms with Crippen LogP contribution in [0.1, 0.15) is 49.4 Å². The molecule has 1 saturated carbocycles. The Hall–Kier alpha value is -1.69. The van der Waals surface area contributed by atoms with Crippen LogP contribution in [-0.4, -0.2) is 11.9 Å². The summed E-state index contributed by atoms with van der Waals surface area (Å²) in [7, 11) is 0. The number of hydrogen-bond acceptors (Lipinski definition) is 3. The number of nitrogen functional groups attached to an aromatic ring is 1. The van der Waals surface area contributed by atoms with E-state index in [1.165, 1.54) is 6.42 Å². The lowest BCUT2D eigenvalue weighted by molar-refractivity contribution is 0.0904. The average Bonchev–Trinajstić information content (AvgIpc) is 2.47. The topological polar surface area (TPSA) is 67.2 Å². The third-order valence-corrected chi connectivity index (χ3v) is 4.20. The van der Waals surface area contributed by atoms with Crippen molar-refractivity contribution in [3.05, 3.63) is 29.3 Å². The third-order valence-electron chi connectivity index (χ3n) is 4.20.